The van der Waals surface area contributed by atoms with E-state index in [1.807, 2.05) is 6.92 Å². The lowest BCUT2D eigenvalue weighted by Crippen LogP contribution is -2.26. The molecule has 0 unspecified atom stereocenters. The number of halogens is 1. The second-order valence-electron chi connectivity index (χ2n) is 6.72. The van der Waals surface area contributed by atoms with E-state index in [1.54, 1.807) is 12.1 Å². The molecule has 1 amide bonds. The molecule has 1 atom stereocenters. The Morgan fingerprint density at radius 1 is 1.23 bits per heavy atom. The minimum absolute atomic E-state index is 0.113. The summed E-state index contributed by atoms with van der Waals surface area (Å²) in [6, 6.07) is 6.44. The molecule has 6 nitrogen and oxygen atoms in total. The summed E-state index contributed by atoms with van der Waals surface area (Å²) in [4.78, 5) is 20.4. The van der Waals surface area contributed by atoms with E-state index in [9.17, 15) is 9.18 Å². The predicted molar refractivity (Wildman–Crippen MR) is 99.5 cm³/mol. The Morgan fingerprint density at radius 2 is 1.92 bits per heavy atom. The minimum atomic E-state index is -0.554. The number of primary amides is 1. The predicted octanol–water partition coefficient (Wildman–Crippen LogP) is 3.63. The summed E-state index contributed by atoms with van der Waals surface area (Å²) in [6.07, 6.45) is 7.13. The molecule has 0 saturated heterocycles. The Morgan fingerprint density at radius 3 is 2.58 bits per heavy atom. The zero-order valence-corrected chi connectivity index (χ0v) is 14.8. The number of rotatable bonds is 6. The van der Waals surface area contributed by atoms with Crippen molar-refractivity contribution in [3.8, 4) is 0 Å². The van der Waals surface area contributed by atoms with Crippen molar-refractivity contribution in [3.63, 3.8) is 0 Å². The normalized spacial score (nSPS) is 16.1. The number of anilines is 2. The van der Waals surface area contributed by atoms with Crippen molar-refractivity contribution in [1.82, 2.24) is 9.97 Å². The van der Waals surface area contributed by atoms with Gasteiger partial charge in [-0.05, 0) is 37.5 Å². The number of aromatic nitrogens is 2. The molecule has 0 aliphatic heterocycles. The highest BCUT2D eigenvalue weighted by Gasteiger charge is 2.19. The van der Waals surface area contributed by atoms with E-state index in [2.05, 4.69) is 20.6 Å². The molecule has 1 fully saturated rings. The summed E-state index contributed by atoms with van der Waals surface area (Å²) < 4.78 is 13.1. The fourth-order valence-electron chi connectivity index (χ4n) is 3.21. The Balaban J connectivity index is 1.77. The molecule has 26 heavy (non-hydrogen) atoms. The lowest BCUT2D eigenvalue weighted by molar-refractivity contribution is 0.100. The molecule has 1 aliphatic rings. The molecule has 2 aromatic rings. The van der Waals surface area contributed by atoms with Crippen LogP contribution in [0.15, 0.2) is 30.5 Å². The van der Waals surface area contributed by atoms with Gasteiger partial charge >= 0.3 is 0 Å². The van der Waals surface area contributed by atoms with Gasteiger partial charge in [0.2, 0.25) is 5.95 Å². The van der Waals surface area contributed by atoms with Crippen LogP contribution in [0.3, 0.4) is 0 Å². The van der Waals surface area contributed by atoms with Crippen molar-refractivity contribution in [3.05, 3.63) is 47.4 Å². The molecule has 0 spiro atoms. The van der Waals surface area contributed by atoms with E-state index in [0.29, 0.717) is 17.8 Å². The van der Waals surface area contributed by atoms with E-state index in [1.165, 1.54) is 37.6 Å². The van der Waals surface area contributed by atoms with Crippen LogP contribution >= 0.6 is 0 Å². The molecule has 1 aromatic carbocycles. The molecule has 0 radical (unpaired) electrons. The monoisotopic (exact) mass is 357 g/mol. The van der Waals surface area contributed by atoms with Crippen LogP contribution in [0.25, 0.3) is 0 Å². The molecule has 1 aliphatic carbocycles. The topological polar surface area (TPSA) is 92.9 Å². The van der Waals surface area contributed by atoms with Crippen LogP contribution in [0.4, 0.5) is 16.2 Å². The van der Waals surface area contributed by atoms with Gasteiger partial charge in [-0.1, -0.05) is 31.4 Å². The van der Waals surface area contributed by atoms with Gasteiger partial charge < -0.3 is 16.4 Å². The van der Waals surface area contributed by atoms with Gasteiger partial charge in [0.25, 0.3) is 5.91 Å². The standard InChI is InChI=1S/C19H24FN5O/c1-12(13-7-9-14(20)10-8-13)23-19-22-11-16(17(21)26)18(25-19)24-15-5-3-2-4-6-15/h7-12,15H,2-6H2,1H3,(H2,21,26)(H2,22,23,24,25)/t12-/m0/s1. The first-order valence-electron chi connectivity index (χ1n) is 8.98. The third-order valence-corrected chi connectivity index (χ3v) is 4.72. The van der Waals surface area contributed by atoms with Crippen LogP contribution in [0.2, 0.25) is 0 Å². The van der Waals surface area contributed by atoms with Gasteiger partial charge in [0.1, 0.15) is 11.6 Å². The van der Waals surface area contributed by atoms with Gasteiger partial charge in [-0.2, -0.15) is 4.98 Å². The van der Waals surface area contributed by atoms with E-state index in [-0.39, 0.29) is 17.4 Å². The number of nitrogens with two attached hydrogens (primary N) is 1. The smallest absolute Gasteiger partial charge is 0.254 e. The third-order valence-electron chi connectivity index (χ3n) is 4.72. The Bertz CT molecular complexity index is 759. The maximum absolute atomic E-state index is 13.1. The summed E-state index contributed by atoms with van der Waals surface area (Å²) in [6.45, 7) is 1.94. The van der Waals surface area contributed by atoms with Gasteiger partial charge in [-0.3, -0.25) is 4.79 Å². The van der Waals surface area contributed by atoms with E-state index < -0.39 is 5.91 Å². The number of benzene rings is 1. The van der Waals surface area contributed by atoms with Crippen molar-refractivity contribution in [2.45, 2.75) is 51.1 Å². The largest absolute Gasteiger partial charge is 0.367 e. The van der Waals surface area contributed by atoms with Gasteiger partial charge in [0.05, 0.1) is 11.6 Å². The number of carbonyl (C=O) groups is 1. The first kappa shape index (κ1) is 18.1. The van der Waals surface area contributed by atoms with Crippen LogP contribution in [0.5, 0.6) is 0 Å². The lowest BCUT2D eigenvalue weighted by Gasteiger charge is -2.24. The molecule has 0 bridgehead atoms. The van der Waals surface area contributed by atoms with E-state index >= 15 is 0 Å². The second kappa shape index (κ2) is 8.12. The molecule has 1 saturated carbocycles. The highest BCUT2D eigenvalue weighted by atomic mass is 19.1. The SMILES string of the molecule is C[C@H](Nc1ncc(C(N)=O)c(NC2CCCCC2)n1)c1ccc(F)cc1. The van der Waals surface area contributed by atoms with Gasteiger partial charge in [-0.25, -0.2) is 9.37 Å². The molecule has 1 heterocycles. The van der Waals surface area contributed by atoms with Crippen LogP contribution in [0.1, 0.15) is 61.0 Å². The average Bonchev–Trinajstić information content (AvgIpc) is 2.63. The fraction of sp³-hybridized carbons (Fsp3) is 0.421. The maximum Gasteiger partial charge on any atom is 0.254 e. The Hall–Kier alpha value is -2.70. The van der Waals surface area contributed by atoms with Crippen molar-refractivity contribution in [2.75, 3.05) is 10.6 Å². The Labute approximate surface area is 152 Å². The van der Waals surface area contributed by atoms with Gasteiger partial charge in [0.15, 0.2) is 0 Å². The van der Waals surface area contributed by atoms with Gasteiger partial charge in [-0.15, -0.1) is 0 Å². The van der Waals surface area contributed by atoms with E-state index in [0.717, 1.165) is 18.4 Å². The number of nitrogens with zero attached hydrogens (tertiary/aromatic N) is 2. The second-order valence-corrected chi connectivity index (χ2v) is 6.72. The molecule has 4 N–H and O–H groups in total. The maximum atomic E-state index is 13.1. The number of hydrogen-bond donors (Lipinski definition) is 3. The van der Waals surface area contributed by atoms with Crippen LogP contribution < -0.4 is 16.4 Å². The zero-order valence-electron chi connectivity index (χ0n) is 14.8. The minimum Gasteiger partial charge on any atom is -0.367 e. The molecule has 138 valence electrons. The first-order chi connectivity index (χ1) is 12.5. The third kappa shape index (κ3) is 4.47. The number of nitrogens with one attached hydrogen (secondary N) is 2. The molecule has 3 rings (SSSR count). The first-order valence-corrected chi connectivity index (χ1v) is 8.98. The lowest BCUT2D eigenvalue weighted by atomic mass is 9.95. The van der Waals surface area contributed by atoms with E-state index in [4.69, 9.17) is 5.73 Å². The average molecular weight is 357 g/mol. The summed E-state index contributed by atoms with van der Waals surface area (Å²) >= 11 is 0. The summed E-state index contributed by atoms with van der Waals surface area (Å²) in [5.74, 6) is 0.0294. The quantitative estimate of drug-likeness (QED) is 0.734. The molecule has 1 aromatic heterocycles. The van der Waals surface area contributed by atoms with Crippen molar-refractivity contribution in [1.29, 1.82) is 0 Å². The summed E-state index contributed by atoms with van der Waals surface area (Å²) in [5, 5.41) is 6.53. The number of hydrogen-bond acceptors (Lipinski definition) is 5. The van der Waals surface area contributed by atoms with Crippen molar-refractivity contribution < 1.29 is 9.18 Å². The molecular formula is C19H24FN5O. The highest BCUT2D eigenvalue weighted by Crippen LogP contribution is 2.24. The van der Waals surface area contributed by atoms with Crippen molar-refractivity contribution in [2.24, 2.45) is 5.73 Å². The van der Waals surface area contributed by atoms with Crippen LogP contribution in [-0.2, 0) is 0 Å². The van der Waals surface area contributed by atoms with Crippen molar-refractivity contribution >= 4 is 17.7 Å². The fourth-order valence-corrected chi connectivity index (χ4v) is 3.21. The molecular weight excluding hydrogens is 333 g/mol. The van der Waals surface area contributed by atoms with Gasteiger partial charge in [0, 0.05) is 12.2 Å². The number of amides is 1. The van der Waals surface area contributed by atoms with Crippen LogP contribution in [0, 0.1) is 5.82 Å². The molecule has 7 heteroatoms. The highest BCUT2D eigenvalue weighted by molar-refractivity contribution is 5.97. The van der Waals surface area contributed by atoms with Crippen LogP contribution in [-0.4, -0.2) is 21.9 Å². The zero-order chi connectivity index (χ0) is 18.5. The summed E-state index contributed by atoms with van der Waals surface area (Å²) in [5.41, 5.74) is 6.66. The Kier molecular flexibility index (Phi) is 5.65. The summed E-state index contributed by atoms with van der Waals surface area (Å²) in [7, 11) is 0. The number of carbonyl (C=O) groups excluding carboxylic acids is 1.